The van der Waals surface area contributed by atoms with Gasteiger partial charge in [-0.3, -0.25) is 19.8 Å². The predicted molar refractivity (Wildman–Crippen MR) is 144 cm³/mol. The number of carbonyl (C=O) groups excluding carboxylic acids is 2. The molecule has 0 saturated heterocycles. The van der Waals surface area contributed by atoms with E-state index >= 15 is 0 Å². The molecule has 0 unspecified atom stereocenters. The van der Waals surface area contributed by atoms with Crippen molar-refractivity contribution in [2.45, 2.75) is 13.5 Å². The number of aromatic nitrogens is 1. The van der Waals surface area contributed by atoms with Crippen molar-refractivity contribution >= 4 is 47.5 Å². The highest BCUT2D eigenvalue weighted by Crippen LogP contribution is 2.24. The molecule has 0 fully saturated rings. The fraction of sp³-hybridized carbons (Fsp3) is 0.192. The zero-order valence-corrected chi connectivity index (χ0v) is 21.6. The lowest BCUT2D eigenvalue weighted by atomic mass is 10.2. The average Bonchev–Trinajstić information content (AvgIpc) is 2.92. The monoisotopic (exact) mass is 538 g/mol. The Hall–Kier alpha value is -4.64. The molecule has 0 saturated carbocycles. The van der Waals surface area contributed by atoms with Gasteiger partial charge in [-0.2, -0.15) is 0 Å². The summed E-state index contributed by atoms with van der Waals surface area (Å²) in [6.45, 7) is 2.22. The van der Waals surface area contributed by atoms with Crippen LogP contribution in [-0.2, 0) is 16.1 Å². The molecular weight excluding hydrogens is 512 g/mol. The number of aliphatic carboxylic acids is 1. The third-order valence-corrected chi connectivity index (χ3v) is 5.42. The van der Waals surface area contributed by atoms with Gasteiger partial charge in [0.2, 0.25) is 12.4 Å². The highest BCUT2D eigenvalue weighted by Gasteiger charge is 2.17. The Morgan fingerprint density at radius 3 is 2.34 bits per heavy atom. The maximum atomic E-state index is 12.6. The normalized spacial score (nSPS) is 10.9. The van der Waals surface area contributed by atoms with Crippen molar-refractivity contribution in [3.63, 3.8) is 0 Å². The molecule has 38 heavy (non-hydrogen) atoms. The minimum absolute atomic E-state index is 0.0579. The Bertz CT molecular complexity index is 1270. The van der Waals surface area contributed by atoms with Gasteiger partial charge in [-0.25, -0.2) is 14.8 Å². The van der Waals surface area contributed by atoms with Crippen molar-refractivity contribution in [2.75, 3.05) is 25.5 Å². The van der Waals surface area contributed by atoms with Crippen LogP contribution in [0.5, 0.6) is 11.5 Å². The first-order chi connectivity index (χ1) is 18.3. The number of hydrogen-bond acceptors (Lipinski definition) is 7. The molecule has 0 aliphatic heterocycles. The summed E-state index contributed by atoms with van der Waals surface area (Å²) in [4.78, 5) is 46.5. The molecule has 1 heterocycles. The standard InChI is InChI=1S/C26H27ClN6O5/c1-3-32(2)26(37)31-25(33(17-34)16-18-4-6-19(27)7-5-18)30-20-8-10-21(11-9-20)38-22-12-13-23(28-14-22)29-15-24(35)36/h4-14,17H,3,15-16H2,1-2H3,(H,28,29)(H,35,36)(H,30,31,37). The van der Waals surface area contributed by atoms with Gasteiger partial charge in [-0.05, 0) is 61.0 Å². The number of pyridine rings is 1. The molecule has 3 rings (SSSR count). The minimum atomic E-state index is -0.990. The third-order valence-electron chi connectivity index (χ3n) is 5.17. The molecule has 0 atom stereocenters. The molecule has 2 aromatic carbocycles. The first-order valence-corrected chi connectivity index (χ1v) is 11.9. The van der Waals surface area contributed by atoms with Crippen molar-refractivity contribution in [2.24, 2.45) is 4.99 Å². The van der Waals surface area contributed by atoms with Crippen LogP contribution in [0.2, 0.25) is 5.02 Å². The number of halogens is 1. The molecule has 198 valence electrons. The number of urea groups is 1. The highest BCUT2D eigenvalue weighted by atomic mass is 35.5. The van der Waals surface area contributed by atoms with Gasteiger partial charge in [0.25, 0.3) is 0 Å². The number of carboxylic acid groups (broad SMARTS) is 1. The number of carbonyl (C=O) groups is 3. The van der Waals surface area contributed by atoms with Gasteiger partial charge in [0.1, 0.15) is 23.9 Å². The summed E-state index contributed by atoms with van der Waals surface area (Å²) in [6, 6.07) is 16.5. The average molecular weight is 539 g/mol. The summed E-state index contributed by atoms with van der Waals surface area (Å²) in [5.74, 6) is 0.430. The number of anilines is 1. The molecular formula is C26H27ClN6O5. The third kappa shape index (κ3) is 8.49. The molecule has 3 amide bonds. The van der Waals surface area contributed by atoms with Crippen LogP contribution in [0, 0.1) is 0 Å². The topological polar surface area (TPSA) is 136 Å². The van der Waals surface area contributed by atoms with Crippen LogP contribution in [0.3, 0.4) is 0 Å². The van der Waals surface area contributed by atoms with E-state index in [2.05, 4.69) is 20.6 Å². The lowest BCUT2D eigenvalue weighted by Gasteiger charge is -2.23. The van der Waals surface area contributed by atoms with Gasteiger partial charge >= 0.3 is 12.0 Å². The summed E-state index contributed by atoms with van der Waals surface area (Å²) in [6.07, 6.45) is 2.06. The molecule has 1 aromatic heterocycles. The maximum absolute atomic E-state index is 12.6. The highest BCUT2D eigenvalue weighted by molar-refractivity contribution is 6.30. The van der Waals surface area contributed by atoms with E-state index in [1.54, 1.807) is 67.7 Å². The Balaban J connectivity index is 1.77. The number of nitrogens with zero attached hydrogens (tertiary/aromatic N) is 4. The van der Waals surface area contributed by atoms with Crippen LogP contribution >= 0.6 is 11.6 Å². The maximum Gasteiger partial charge on any atom is 0.323 e. The number of ether oxygens (including phenoxy) is 1. The fourth-order valence-electron chi connectivity index (χ4n) is 3.01. The zero-order valence-electron chi connectivity index (χ0n) is 20.8. The number of rotatable bonds is 10. The van der Waals surface area contributed by atoms with E-state index in [0.717, 1.165) is 5.56 Å². The van der Waals surface area contributed by atoms with Crippen molar-refractivity contribution < 1.29 is 24.2 Å². The van der Waals surface area contributed by atoms with Gasteiger partial charge in [0.05, 0.1) is 18.4 Å². The summed E-state index contributed by atoms with van der Waals surface area (Å²) >= 11 is 5.96. The number of hydrogen-bond donors (Lipinski definition) is 3. The second-order valence-corrected chi connectivity index (χ2v) is 8.40. The number of nitrogens with one attached hydrogen (secondary N) is 2. The molecule has 3 N–H and O–H groups in total. The van der Waals surface area contributed by atoms with Gasteiger partial charge in [0, 0.05) is 18.6 Å². The second kappa shape index (κ2) is 13.6. The van der Waals surface area contributed by atoms with Crippen LogP contribution in [-0.4, -0.2) is 64.4 Å². The molecule has 0 spiro atoms. The summed E-state index contributed by atoms with van der Waals surface area (Å²) < 4.78 is 5.78. The molecule has 0 aliphatic carbocycles. The first kappa shape index (κ1) is 27.9. The van der Waals surface area contributed by atoms with Gasteiger partial charge in [-0.15, -0.1) is 0 Å². The lowest BCUT2D eigenvalue weighted by molar-refractivity contribution is -0.135. The number of aliphatic imine (C=N–C) groups is 1. The van der Waals surface area contributed by atoms with E-state index < -0.39 is 12.0 Å². The molecule has 11 nitrogen and oxygen atoms in total. The molecule has 0 aliphatic rings. The summed E-state index contributed by atoms with van der Waals surface area (Å²) in [5.41, 5.74) is 1.27. The molecule has 0 bridgehead atoms. The first-order valence-electron chi connectivity index (χ1n) is 11.5. The number of benzene rings is 2. The van der Waals surface area contributed by atoms with Gasteiger partial charge in [-0.1, -0.05) is 23.7 Å². The fourth-order valence-corrected chi connectivity index (χ4v) is 3.13. The van der Waals surface area contributed by atoms with Crippen LogP contribution in [0.25, 0.3) is 0 Å². The van der Waals surface area contributed by atoms with Crippen LogP contribution in [0.4, 0.5) is 16.3 Å². The number of carboxylic acids is 1. The smallest absolute Gasteiger partial charge is 0.323 e. The van der Waals surface area contributed by atoms with Gasteiger partial charge in [0.15, 0.2) is 0 Å². The van der Waals surface area contributed by atoms with E-state index in [4.69, 9.17) is 21.4 Å². The van der Waals surface area contributed by atoms with Crippen molar-refractivity contribution in [3.8, 4) is 11.5 Å². The van der Waals surface area contributed by atoms with Crippen LogP contribution in [0.1, 0.15) is 12.5 Å². The van der Waals surface area contributed by atoms with Gasteiger partial charge < -0.3 is 20.1 Å². The Morgan fingerprint density at radius 2 is 1.76 bits per heavy atom. The van der Waals surface area contributed by atoms with Crippen molar-refractivity contribution in [1.82, 2.24) is 20.1 Å². The predicted octanol–water partition coefficient (Wildman–Crippen LogP) is 4.33. The second-order valence-electron chi connectivity index (χ2n) is 7.96. The van der Waals surface area contributed by atoms with Crippen LogP contribution < -0.4 is 15.4 Å². The minimum Gasteiger partial charge on any atom is -0.480 e. The van der Waals surface area contributed by atoms with E-state index in [1.165, 1.54) is 16.0 Å². The zero-order chi connectivity index (χ0) is 27.5. The van der Waals surface area contributed by atoms with E-state index in [1.807, 2.05) is 6.92 Å². The van der Waals surface area contributed by atoms with Crippen molar-refractivity contribution in [1.29, 1.82) is 0 Å². The van der Waals surface area contributed by atoms with E-state index in [0.29, 0.717) is 41.0 Å². The molecule has 3 aromatic rings. The molecule has 0 radical (unpaired) electrons. The number of amides is 3. The lowest BCUT2D eigenvalue weighted by Crippen LogP contribution is -2.47. The quantitative estimate of drug-likeness (QED) is 0.198. The summed E-state index contributed by atoms with van der Waals surface area (Å²) in [5, 5.41) is 14.7. The molecule has 12 heteroatoms. The van der Waals surface area contributed by atoms with Crippen molar-refractivity contribution in [3.05, 3.63) is 77.4 Å². The van der Waals surface area contributed by atoms with Crippen LogP contribution in [0.15, 0.2) is 71.9 Å². The Labute approximate surface area is 224 Å². The SMILES string of the molecule is CCN(C)C(=O)NC(=Nc1ccc(Oc2ccc(NCC(=O)O)nc2)cc1)N(C=O)Cc1ccc(Cl)cc1. The summed E-state index contributed by atoms with van der Waals surface area (Å²) in [7, 11) is 1.63. The largest absolute Gasteiger partial charge is 0.480 e. The Kier molecular flexibility index (Phi) is 10.0. The number of guanidine groups is 1. The Morgan fingerprint density at radius 1 is 1.08 bits per heavy atom. The van der Waals surface area contributed by atoms with E-state index in [9.17, 15) is 14.4 Å². The van der Waals surface area contributed by atoms with E-state index in [-0.39, 0.29) is 19.0 Å².